The molecule has 4 nitrogen and oxygen atoms in total. The Bertz CT molecular complexity index is 442. The van der Waals surface area contributed by atoms with Crippen molar-refractivity contribution in [3.05, 3.63) is 24.3 Å². The molecule has 16 heavy (non-hydrogen) atoms. The smallest absolute Gasteiger partial charge is 0.177 e. The van der Waals surface area contributed by atoms with E-state index in [1.54, 1.807) is 24.3 Å². The summed E-state index contributed by atoms with van der Waals surface area (Å²) in [6.07, 6.45) is 1.34. The molecule has 90 valence electrons. The van der Waals surface area contributed by atoms with Gasteiger partial charge in [0.2, 0.25) is 0 Å². The first kappa shape index (κ1) is 13.0. The van der Waals surface area contributed by atoms with Crippen molar-refractivity contribution in [2.45, 2.75) is 24.3 Å². The lowest BCUT2D eigenvalue weighted by atomic mass is 10.2. The Balaban J connectivity index is 2.88. The largest absolute Gasteiger partial charge is 0.391 e. The van der Waals surface area contributed by atoms with Crippen molar-refractivity contribution in [2.75, 3.05) is 18.1 Å². The molecule has 0 aliphatic carbocycles. The van der Waals surface area contributed by atoms with E-state index in [9.17, 15) is 13.5 Å². The van der Waals surface area contributed by atoms with E-state index < -0.39 is 15.9 Å². The number of nitrogens with one attached hydrogen (secondary N) is 1. The lowest BCUT2D eigenvalue weighted by molar-refractivity contribution is 0.183. The summed E-state index contributed by atoms with van der Waals surface area (Å²) in [6.45, 7) is 2.22. The predicted molar refractivity (Wildman–Crippen MR) is 64.3 cm³/mol. The third kappa shape index (κ3) is 3.50. The van der Waals surface area contributed by atoms with Crippen LogP contribution in [0, 0.1) is 0 Å². The van der Waals surface area contributed by atoms with Gasteiger partial charge < -0.3 is 10.4 Å². The third-order valence-corrected chi connectivity index (χ3v) is 3.44. The van der Waals surface area contributed by atoms with Crippen molar-refractivity contribution < 1.29 is 13.5 Å². The molecule has 0 spiro atoms. The maximum atomic E-state index is 11.5. The van der Waals surface area contributed by atoms with E-state index in [1.807, 2.05) is 6.92 Å². The highest BCUT2D eigenvalue weighted by Gasteiger charge is 2.12. The Morgan fingerprint density at radius 3 is 2.56 bits per heavy atom. The fourth-order valence-electron chi connectivity index (χ4n) is 1.31. The normalized spacial score (nSPS) is 13.4. The minimum Gasteiger partial charge on any atom is -0.391 e. The van der Waals surface area contributed by atoms with E-state index in [-0.39, 0.29) is 4.90 Å². The van der Waals surface area contributed by atoms with Gasteiger partial charge in [-0.3, -0.25) is 0 Å². The topological polar surface area (TPSA) is 66.4 Å². The van der Waals surface area contributed by atoms with Crippen LogP contribution in [0.3, 0.4) is 0 Å². The maximum Gasteiger partial charge on any atom is 0.177 e. The van der Waals surface area contributed by atoms with Gasteiger partial charge in [-0.05, 0) is 18.6 Å². The Morgan fingerprint density at radius 1 is 1.38 bits per heavy atom. The maximum absolute atomic E-state index is 11.5. The number of anilines is 1. The molecule has 0 saturated carbocycles. The summed E-state index contributed by atoms with van der Waals surface area (Å²) in [5.41, 5.74) is 0.539. The summed E-state index contributed by atoms with van der Waals surface area (Å²) < 4.78 is 22.9. The standard InChI is InChI=1S/C11H17NO3S/c1-3-9(13)8-12-10-6-4-5-7-11(10)16(2,14)15/h4-7,9,12-13H,3,8H2,1-2H3. The van der Waals surface area contributed by atoms with Gasteiger partial charge in [0.1, 0.15) is 0 Å². The first-order valence-corrected chi connectivity index (χ1v) is 7.05. The number of hydrogen-bond donors (Lipinski definition) is 2. The molecule has 0 heterocycles. The summed E-state index contributed by atoms with van der Waals surface area (Å²) in [5, 5.41) is 12.3. The molecule has 0 aliphatic rings. The summed E-state index contributed by atoms with van der Waals surface area (Å²) in [4.78, 5) is 0.262. The van der Waals surface area contributed by atoms with Crippen LogP contribution in [0.2, 0.25) is 0 Å². The zero-order valence-corrected chi connectivity index (χ0v) is 10.3. The number of para-hydroxylation sites is 1. The van der Waals surface area contributed by atoms with Crippen LogP contribution in [0.15, 0.2) is 29.2 Å². The van der Waals surface area contributed by atoms with Crippen LogP contribution in [0.5, 0.6) is 0 Å². The molecule has 1 aromatic rings. The number of sulfone groups is 1. The molecule has 1 rings (SSSR count). The molecule has 0 amide bonds. The van der Waals surface area contributed by atoms with Gasteiger partial charge in [-0.2, -0.15) is 0 Å². The molecule has 1 unspecified atom stereocenters. The van der Waals surface area contributed by atoms with Crippen molar-refractivity contribution >= 4 is 15.5 Å². The zero-order valence-electron chi connectivity index (χ0n) is 9.47. The van der Waals surface area contributed by atoms with Crippen molar-refractivity contribution in [1.82, 2.24) is 0 Å². The molecule has 0 aromatic heterocycles. The zero-order chi connectivity index (χ0) is 12.2. The molecule has 2 N–H and O–H groups in total. The quantitative estimate of drug-likeness (QED) is 0.817. The lowest BCUT2D eigenvalue weighted by Crippen LogP contribution is -2.19. The molecule has 0 saturated heterocycles. The second kappa shape index (κ2) is 5.32. The second-order valence-electron chi connectivity index (χ2n) is 3.71. The van der Waals surface area contributed by atoms with Gasteiger partial charge >= 0.3 is 0 Å². The Labute approximate surface area is 96.2 Å². The Hall–Kier alpha value is -1.07. The van der Waals surface area contributed by atoms with Gasteiger partial charge in [0, 0.05) is 12.8 Å². The van der Waals surface area contributed by atoms with Crippen molar-refractivity contribution in [1.29, 1.82) is 0 Å². The first-order valence-electron chi connectivity index (χ1n) is 5.16. The van der Waals surface area contributed by atoms with E-state index >= 15 is 0 Å². The SMILES string of the molecule is CCC(O)CNc1ccccc1S(C)(=O)=O. The molecular weight excluding hydrogens is 226 g/mol. The summed E-state index contributed by atoms with van der Waals surface area (Å²) in [7, 11) is -3.23. The average Bonchev–Trinajstić information content (AvgIpc) is 2.25. The molecular formula is C11H17NO3S. The highest BCUT2D eigenvalue weighted by molar-refractivity contribution is 7.90. The van der Waals surface area contributed by atoms with Crippen LogP contribution >= 0.6 is 0 Å². The van der Waals surface area contributed by atoms with Crippen molar-refractivity contribution in [3.8, 4) is 0 Å². The van der Waals surface area contributed by atoms with E-state index in [0.717, 1.165) is 0 Å². The minimum absolute atomic E-state index is 0.262. The number of rotatable bonds is 5. The number of benzene rings is 1. The van der Waals surface area contributed by atoms with Gasteiger partial charge in [0.05, 0.1) is 16.7 Å². The Morgan fingerprint density at radius 2 is 2.00 bits per heavy atom. The van der Waals surface area contributed by atoms with Crippen LogP contribution in [0.25, 0.3) is 0 Å². The number of aliphatic hydroxyl groups excluding tert-OH is 1. The minimum atomic E-state index is -3.23. The van der Waals surface area contributed by atoms with E-state index in [2.05, 4.69) is 5.32 Å². The van der Waals surface area contributed by atoms with Gasteiger partial charge in [0.15, 0.2) is 9.84 Å². The van der Waals surface area contributed by atoms with Crippen molar-refractivity contribution in [3.63, 3.8) is 0 Å². The van der Waals surface area contributed by atoms with E-state index in [1.165, 1.54) is 6.26 Å². The molecule has 1 atom stereocenters. The average molecular weight is 243 g/mol. The number of hydrogen-bond acceptors (Lipinski definition) is 4. The molecule has 0 aliphatic heterocycles. The highest BCUT2D eigenvalue weighted by Crippen LogP contribution is 2.20. The van der Waals surface area contributed by atoms with Crippen LogP contribution in [-0.2, 0) is 9.84 Å². The molecule has 5 heteroatoms. The van der Waals surface area contributed by atoms with Crippen LogP contribution in [-0.4, -0.2) is 32.4 Å². The van der Waals surface area contributed by atoms with Gasteiger partial charge in [-0.1, -0.05) is 19.1 Å². The van der Waals surface area contributed by atoms with Gasteiger partial charge in [0.25, 0.3) is 0 Å². The summed E-state index contributed by atoms with van der Waals surface area (Å²) >= 11 is 0. The lowest BCUT2D eigenvalue weighted by Gasteiger charge is -2.13. The Kier molecular flexibility index (Phi) is 4.32. The fourth-order valence-corrected chi connectivity index (χ4v) is 2.17. The predicted octanol–water partition coefficient (Wildman–Crippen LogP) is 1.27. The molecule has 1 aromatic carbocycles. The summed E-state index contributed by atoms with van der Waals surface area (Å²) in [5.74, 6) is 0. The highest BCUT2D eigenvalue weighted by atomic mass is 32.2. The third-order valence-electron chi connectivity index (χ3n) is 2.29. The van der Waals surface area contributed by atoms with Crippen LogP contribution in [0.1, 0.15) is 13.3 Å². The second-order valence-corrected chi connectivity index (χ2v) is 5.70. The first-order chi connectivity index (χ1) is 7.45. The number of aliphatic hydroxyl groups is 1. The van der Waals surface area contributed by atoms with Crippen LogP contribution < -0.4 is 5.32 Å². The molecule has 0 radical (unpaired) electrons. The monoisotopic (exact) mass is 243 g/mol. The van der Waals surface area contributed by atoms with Crippen LogP contribution in [0.4, 0.5) is 5.69 Å². The molecule has 0 bridgehead atoms. The van der Waals surface area contributed by atoms with E-state index in [4.69, 9.17) is 0 Å². The molecule has 0 fully saturated rings. The van der Waals surface area contributed by atoms with E-state index in [0.29, 0.717) is 18.7 Å². The van der Waals surface area contributed by atoms with Crippen molar-refractivity contribution in [2.24, 2.45) is 0 Å². The van der Waals surface area contributed by atoms with Gasteiger partial charge in [-0.25, -0.2) is 8.42 Å². The van der Waals surface area contributed by atoms with Gasteiger partial charge in [-0.15, -0.1) is 0 Å². The summed E-state index contributed by atoms with van der Waals surface area (Å²) in [6, 6.07) is 6.68. The fraction of sp³-hybridized carbons (Fsp3) is 0.455.